The van der Waals surface area contributed by atoms with E-state index in [2.05, 4.69) is 10.0 Å². The van der Waals surface area contributed by atoms with Crippen molar-refractivity contribution in [1.82, 2.24) is 10.0 Å². The highest BCUT2D eigenvalue weighted by Crippen LogP contribution is 2.25. The normalized spacial score (nSPS) is 11.8. The summed E-state index contributed by atoms with van der Waals surface area (Å²) in [6, 6.07) is 4.91. The van der Waals surface area contributed by atoms with Gasteiger partial charge in [-0.3, -0.25) is 0 Å². The summed E-state index contributed by atoms with van der Waals surface area (Å²) in [7, 11) is -1.85. The predicted molar refractivity (Wildman–Crippen MR) is 81.8 cm³/mol. The van der Waals surface area contributed by atoms with Gasteiger partial charge in [0.25, 0.3) is 0 Å². The van der Waals surface area contributed by atoms with E-state index in [1.165, 1.54) is 0 Å². The molecular formula is C12H18Cl2N2O3S. The van der Waals surface area contributed by atoms with E-state index in [1.807, 2.05) is 0 Å². The van der Waals surface area contributed by atoms with Crippen LogP contribution in [0, 0.1) is 0 Å². The van der Waals surface area contributed by atoms with Gasteiger partial charge in [0.1, 0.15) is 0 Å². The zero-order valence-corrected chi connectivity index (χ0v) is 13.5. The fourth-order valence-electron chi connectivity index (χ4n) is 1.51. The molecule has 2 N–H and O–H groups in total. The molecule has 0 saturated carbocycles. The first kappa shape index (κ1) is 17.7. The molecule has 0 aromatic heterocycles. The molecule has 114 valence electrons. The van der Waals surface area contributed by atoms with Gasteiger partial charge in [0.15, 0.2) is 0 Å². The quantitative estimate of drug-likeness (QED) is 0.670. The first-order valence-corrected chi connectivity index (χ1v) is 8.47. The van der Waals surface area contributed by atoms with Crippen LogP contribution in [0.4, 0.5) is 0 Å². The van der Waals surface area contributed by atoms with Gasteiger partial charge in [-0.05, 0) is 12.1 Å². The third-order valence-corrected chi connectivity index (χ3v) is 4.52. The summed E-state index contributed by atoms with van der Waals surface area (Å²) in [6.45, 7) is 2.09. The number of benzene rings is 1. The molecule has 1 aromatic rings. The van der Waals surface area contributed by atoms with Crippen molar-refractivity contribution in [2.45, 2.75) is 5.75 Å². The van der Waals surface area contributed by atoms with Crippen LogP contribution in [-0.4, -0.2) is 41.8 Å². The van der Waals surface area contributed by atoms with E-state index in [0.29, 0.717) is 41.8 Å². The number of methoxy groups -OCH3 is 1. The Labute approximate surface area is 129 Å². The van der Waals surface area contributed by atoms with Crippen LogP contribution in [0.5, 0.6) is 0 Å². The number of nitrogens with one attached hydrogen (secondary N) is 2. The Bertz CT molecular complexity index is 503. The van der Waals surface area contributed by atoms with Crippen LogP contribution in [0.3, 0.4) is 0 Å². The van der Waals surface area contributed by atoms with Crippen LogP contribution in [0.25, 0.3) is 0 Å². The lowest BCUT2D eigenvalue weighted by Gasteiger charge is -2.10. The maximum absolute atomic E-state index is 11.9. The van der Waals surface area contributed by atoms with Crippen molar-refractivity contribution in [3.05, 3.63) is 33.8 Å². The van der Waals surface area contributed by atoms with Crippen LogP contribution in [0.2, 0.25) is 10.0 Å². The van der Waals surface area contributed by atoms with E-state index in [1.54, 1.807) is 25.3 Å². The third-order valence-electron chi connectivity index (χ3n) is 2.50. The average Bonchev–Trinajstić information content (AvgIpc) is 2.38. The highest BCUT2D eigenvalue weighted by atomic mass is 35.5. The first-order chi connectivity index (χ1) is 9.46. The summed E-state index contributed by atoms with van der Waals surface area (Å²) in [5.74, 6) is -0.233. The van der Waals surface area contributed by atoms with Gasteiger partial charge in [-0.2, -0.15) is 0 Å². The molecule has 1 aromatic carbocycles. The van der Waals surface area contributed by atoms with Gasteiger partial charge in [0.05, 0.1) is 12.4 Å². The minimum absolute atomic E-state index is 0.233. The Balaban J connectivity index is 2.46. The molecule has 20 heavy (non-hydrogen) atoms. The summed E-state index contributed by atoms with van der Waals surface area (Å²) in [5, 5.41) is 3.74. The van der Waals surface area contributed by atoms with Crippen LogP contribution >= 0.6 is 23.2 Å². The number of halogens is 2. The second kappa shape index (κ2) is 8.81. The zero-order chi connectivity index (χ0) is 15.0. The van der Waals surface area contributed by atoms with Crippen LogP contribution in [-0.2, 0) is 20.5 Å². The van der Waals surface area contributed by atoms with Crippen molar-refractivity contribution in [2.75, 3.05) is 33.4 Å². The smallest absolute Gasteiger partial charge is 0.215 e. The maximum atomic E-state index is 11.9. The van der Waals surface area contributed by atoms with E-state index >= 15 is 0 Å². The van der Waals surface area contributed by atoms with E-state index in [-0.39, 0.29) is 5.75 Å². The largest absolute Gasteiger partial charge is 0.383 e. The highest BCUT2D eigenvalue weighted by Gasteiger charge is 2.15. The van der Waals surface area contributed by atoms with Crippen LogP contribution in [0.1, 0.15) is 5.56 Å². The van der Waals surface area contributed by atoms with E-state index in [0.717, 1.165) is 0 Å². The number of rotatable bonds is 9. The molecule has 0 fully saturated rings. The molecule has 8 heteroatoms. The molecule has 0 aliphatic rings. The molecule has 0 spiro atoms. The maximum Gasteiger partial charge on any atom is 0.215 e. The van der Waals surface area contributed by atoms with Crippen molar-refractivity contribution in [2.24, 2.45) is 0 Å². The molecule has 0 aliphatic carbocycles. The van der Waals surface area contributed by atoms with Crippen LogP contribution < -0.4 is 10.0 Å². The van der Waals surface area contributed by atoms with Gasteiger partial charge in [0.2, 0.25) is 10.0 Å². The molecule has 0 unspecified atom stereocenters. The second-order valence-corrected chi connectivity index (χ2v) is 6.72. The van der Waals surface area contributed by atoms with Gasteiger partial charge < -0.3 is 10.1 Å². The molecule has 0 radical (unpaired) electrons. The molecule has 0 aliphatic heterocycles. The van der Waals surface area contributed by atoms with E-state index in [9.17, 15) is 8.42 Å². The fraction of sp³-hybridized carbons (Fsp3) is 0.500. The Hall–Kier alpha value is -0.370. The summed E-state index contributed by atoms with van der Waals surface area (Å²) in [4.78, 5) is 0. The Morgan fingerprint density at radius 2 is 1.80 bits per heavy atom. The number of sulfonamides is 1. The average molecular weight is 341 g/mol. The van der Waals surface area contributed by atoms with E-state index in [4.69, 9.17) is 27.9 Å². The van der Waals surface area contributed by atoms with Crippen molar-refractivity contribution in [3.63, 3.8) is 0 Å². The van der Waals surface area contributed by atoms with Gasteiger partial charge in [-0.15, -0.1) is 0 Å². The molecular weight excluding hydrogens is 323 g/mol. The van der Waals surface area contributed by atoms with Gasteiger partial charge in [-0.25, -0.2) is 13.1 Å². The minimum Gasteiger partial charge on any atom is -0.383 e. The first-order valence-electron chi connectivity index (χ1n) is 6.06. The lowest BCUT2D eigenvalue weighted by molar-refractivity contribution is 0.199. The van der Waals surface area contributed by atoms with Crippen molar-refractivity contribution >= 4 is 33.2 Å². The number of ether oxygens (including phenoxy) is 1. The van der Waals surface area contributed by atoms with E-state index < -0.39 is 10.0 Å². The summed E-state index contributed by atoms with van der Waals surface area (Å²) >= 11 is 11.9. The van der Waals surface area contributed by atoms with Crippen molar-refractivity contribution in [1.29, 1.82) is 0 Å². The number of hydrogen-bond donors (Lipinski definition) is 2. The third kappa shape index (κ3) is 6.39. The SMILES string of the molecule is COCCNCCNS(=O)(=O)Cc1c(Cl)cccc1Cl. The molecule has 1 rings (SSSR count). The molecule has 0 bridgehead atoms. The van der Waals surface area contributed by atoms with Gasteiger partial charge in [0, 0.05) is 42.4 Å². The highest BCUT2D eigenvalue weighted by molar-refractivity contribution is 7.88. The monoisotopic (exact) mass is 340 g/mol. The lowest BCUT2D eigenvalue weighted by Crippen LogP contribution is -2.33. The van der Waals surface area contributed by atoms with Crippen LogP contribution in [0.15, 0.2) is 18.2 Å². The van der Waals surface area contributed by atoms with Crippen molar-refractivity contribution < 1.29 is 13.2 Å². The predicted octanol–water partition coefficient (Wildman–Crippen LogP) is 1.65. The molecule has 0 amide bonds. The standard InChI is InChI=1S/C12H18Cl2N2O3S/c1-19-8-7-15-5-6-16-20(17,18)9-10-11(13)3-2-4-12(10)14/h2-4,15-16H,5-9H2,1H3. The number of hydrogen-bond acceptors (Lipinski definition) is 4. The van der Waals surface area contributed by atoms with Gasteiger partial charge >= 0.3 is 0 Å². The van der Waals surface area contributed by atoms with Crippen molar-refractivity contribution in [3.8, 4) is 0 Å². The zero-order valence-electron chi connectivity index (χ0n) is 11.2. The Morgan fingerprint density at radius 1 is 1.15 bits per heavy atom. The Morgan fingerprint density at radius 3 is 2.40 bits per heavy atom. The lowest BCUT2D eigenvalue weighted by atomic mass is 10.2. The Kier molecular flexibility index (Phi) is 7.79. The molecule has 5 nitrogen and oxygen atoms in total. The van der Waals surface area contributed by atoms with Gasteiger partial charge in [-0.1, -0.05) is 29.3 Å². The molecule has 0 saturated heterocycles. The second-order valence-electron chi connectivity index (χ2n) is 4.10. The molecule has 0 heterocycles. The summed E-state index contributed by atoms with van der Waals surface area (Å²) < 4.78 is 31.2. The topological polar surface area (TPSA) is 67.4 Å². The fourth-order valence-corrected chi connectivity index (χ4v) is 3.40. The molecule has 0 atom stereocenters. The summed E-state index contributed by atoms with van der Waals surface area (Å²) in [5.41, 5.74) is 0.413. The summed E-state index contributed by atoms with van der Waals surface area (Å²) in [6.07, 6.45) is 0. The minimum atomic E-state index is -3.46.